The van der Waals surface area contributed by atoms with E-state index in [-0.39, 0.29) is 6.61 Å². The van der Waals surface area contributed by atoms with Crippen LogP contribution in [0.3, 0.4) is 0 Å². The lowest BCUT2D eigenvalue weighted by atomic mass is 10.2. The van der Waals surface area contributed by atoms with E-state index in [0.717, 1.165) is 24.3 Å². The molecule has 1 nitrogen and oxygen atoms in total. The van der Waals surface area contributed by atoms with Crippen molar-refractivity contribution in [2.75, 3.05) is 0 Å². The number of benzene rings is 1. The molecule has 0 saturated heterocycles. The molecule has 0 atom stereocenters. The average Bonchev–Trinajstić information content (AvgIpc) is 2.42. The first-order valence-corrected chi connectivity index (χ1v) is 5.79. The maximum atomic E-state index is 8.95. The highest BCUT2D eigenvalue weighted by Crippen LogP contribution is 2.38. The topological polar surface area (TPSA) is 20.2 Å². The van der Waals surface area contributed by atoms with Gasteiger partial charge >= 0.3 is 0 Å². The molecule has 0 bridgehead atoms. The van der Waals surface area contributed by atoms with Crippen molar-refractivity contribution in [3.63, 3.8) is 0 Å². The second kappa shape index (κ2) is 3.61. The molecule has 0 amide bonds. The zero-order valence-electron chi connectivity index (χ0n) is 6.62. The lowest BCUT2D eigenvalue weighted by molar-refractivity contribution is 0.282. The molecular formula is C9H7BrOS2. The van der Waals surface area contributed by atoms with Gasteiger partial charge in [0.1, 0.15) is 0 Å². The molecule has 1 aromatic carbocycles. The minimum Gasteiger partial charge on any atom is -0.392 e. The first-order chi connectivity index (χ1) is 6.22. The van der Waals surface area contributed by atoms with Crippen molar-refractivity contribution in [3.8, 4) is 0 Å². The molecule has 0 aliphatic rings. The summed E-state index contributed by atoms with van der Waals surface area (Å²) in [5.74, 6) is 0. The van der Waals surface area contributed by atoms with Crippen molar-refractivity contribution in [1.82, 2.24) is 0 Å². The van der Waals surface area contributed by atoms with Gasteiger partial charge in [0.15, 0.2) is 0 Å². The summed E-state index contributed by atoms with van der Waals surface area (Å²) in [5.41, 5.74) is 0.939. The first-order valence-electron chi connectivity index (χ1n) is 3.73. The molecule has 1 heterocycles. The van der Waals surface area contributed by atoms with Crippen LogP contribution in [0.1, 0.15) is 5.56 Å². The van der Waals surface area contributed by atoms with Crippen LogP contribution in [0.2, 0.25) is 0 Å². The predicted octanol–water partition coefficient (Wildman–Crippen LogP) is 3.44. The summed E-state index contributed by atoms with van der Waals surface area (Å²) in [6.07, 6.45) is 0. The van der Waals surface area contributed by atoms with Crippen molar-refractivity contribution in [2.24, 2.45) is 0 Å². The van der Waals surface area contributed by atoms with E-state index < -0.39 is 0 Å². The normalized spacial score (nSPS) is 11.0. The number of thiophene rings is 1. The van der Waals surface area contributed by atoms with Crippen LogP contribution in [-0.2, 0) is 6.61 Å². The Kier molecular flexibility index (Phi) is 2.65. The molecule has 2 aromatic rings. The Bertz CT molecular complexity index is 450. The number of fused-ring (bicyclic) bond motifs is 1. The van der Waals surface area contributed by atoms with Gasteiger partial charge in [0.05, 0.1) is 10.8 Å². The zero-order valence-corrected chi connectivity index (χ0v) is 9.92. The van der Waals surface area contributed by atoms with Crippen molar-refractivity contribution in [3.05, 3.63) is 28.2 Å². The maximum Gasteiger partial charge on any atom is 0.0723 e. The molecule has 1 N–H and O–H groups in total. The quantitative estimate of drug-likeness (QED) is 0.764. The van der Waals surface area contributed by atoms with Crippen LogP contribution < -0.4 is 0 Å². The summed E-state index contributed by atoms with van der Waals surface area (Å²) in [6.45, 7) is 0.0906. The van der Waals surface area contributed by atoms with Crippen LogP contribution in [0.4, 0.5) is 0 Å². The van der Waals surface area contributed by atoms with Gasteiger partial charge in [0.25, 0.3) is 0 Å². The van der Waals surface area contributed by atoms with Crippen molar-refractivity contribution < 1.29 is 5.11 Å². The van der Waals surface area contributed by atoms with E-state index >= 15 is 0 Å². The monoisotopic (exact) mass is 274 g/mol. The third kappa shape index (κ3) is 1.64. The summed E-state index contributed by atoms with van der Waals surface area (Å²) in [7, 11) is 0. The van der Waals surface area contributed by atoms with E-state index in [0.29, 0.717) is 0 Å². The number of aliphatic hydroxyl groups is 1. The molecule has 0 fully saturated rings. The Labute approximate surface area is 93.9 Å². The van der Waals surface area contributed by atoms with Crippen LogP contribution in [0.25, 0.3) is 10.1 Å². The molecule has 68 valence electrons. The maximum absolute atomic E-state index is 8.95. The molecule has 0 radical (unpaired) electrons. The molecule has 0 saturated carbocycles. The minimum atomic E-state index is 0.0906. The Morgan fingerprint density at radius 3 is 2.92 bits per heavy atom. The standard InChI is InChI=1S/C9H7BrOS2/c10-8-6-2-1-5(4-11)3-7(6)13-9(8)12/h1-3,11-12H,4H2. The Morgan fingerprint density at radius 1 is 1.46 bits per heavy atom. The number of thiol groups is 1. The predicted molar refractivity (Wildman–Crippen MR) is 62.7 cm³/mol. The summed E-state index contributed by atoms with van der Waals surface area (Å²) in [4.78, 5) is 0. The van der Waals surface area contributed by atoms with E-state index in [1.54, 1.807) is 11.3 Å². The summed E-state index contributed by atoms with van der Waals surface area (Å²) >= 11 is 9.41. The number of aliphatic hydroxyl groups excluding tert-OH is 1. The van der Waals surface area contributed by atoms with Gasteiger partial charge in [-0.2, -0.15) is 0 Å². The van der Waals surface area contributed by atoms with E-state index in [1.807, 2.05) is 18.2 Å². The molecule has 4 heteroatoms. The highest BCUT2D eigenvalue weighted by Gasteiger charge is 2.06. The molecule has 0 spiro atoms. The van der Waals surface area contributed by atoms with Gasteiger partial charge in [-0.1, -0.05) is 12.1 Å². The van der Waals surface area contributed by atoms with Crippen LogP contribution in [0.5, 0.6) is 0 Å². The average molecular weight is 275 g/mol. The largest absolute Gasteiger partial charge is 0.392 e. The minimum absolute atomic E-state index is 0.0906. The lowest BCUT2D eigenvalue weighted by Crippen LogP contribution is -1.79. The highest BCUT2D eigenvalue weighted by molar-refractivity contribution is 9.10. The van der Waals surface area contributed by atoms with Crippen LogP contribution in [0.15, 0.2) is 26.9 Å². The summed E-state index contributed by atoms with van der Waals surface area (Å²) in [5, 5.41) is 10.1. The number of rotatable bonds is 1. The van der Waals surface area contributed by atoms with E-state index in [9.17, 15) is 0 Å². The molecule has 0 aliphatic carbocycles. The van der Waals surface area contributed by atoms with Crippen molar-refractivity contribution in [2.45, 2.75) is 10.8 Å². The second-order valence-corrected chi connectivity index (χ2v) is 5.30. The zero-order chi connectivity index (χ0) is 9.42. The summed E-state index contributed by atoms with van der Waals surface area (Å²) in [6, 6.07) is 5.92. The smallest absolute Gasteiger partial charge is 0.0723 e. The van der Waals surface area contributed by atoms with E-state index in [1.165, 1.54) is 0 Å². The fourth-order valence-electron chi connectivity index (χ4n) is 1.20. The molecule has 0 unspecified atom stereocenters. The SMILES string of the molecule is OCc1ccc2c(Br)c(S)sc2c1. The molecule has 13 heavy (non-hydrogen) atoms. The highest BCUT2D eigenvalue weighted by atomic mass is 79.9. The fraction of sp³-hybridized carbons (Fsp3) is 0.111. The van der Waals surface area contributed by atoms with Gasteiger partial charge in [0.2, 0.25) is 0 Å². The third-order valence-electron chi connectivity index (χ3n) is 1.86. The van der Waals surface area contributed by atoms with E-state index in [2.05, 4.69) is 28.6 Å². The van der Waals surface area contributed by atoms with Crippen LogP contribution >= 0.6 is 39.9 Å². The fourth-order valence-corrected chi connectivity index (χ4v) is 3.23. The van der Waals surface area contributed by atoms with Gasteiger partial charge in [-0.3, -0.25) is 0 Å². The van der Waals surface area contributed by atoms with Gasteiger partial charge < -0.3 is 5.11 Å². The molecule has 2 rings (SSSR count). The Morgan fingerprint density at radius 2 is 2.23 bits per heavy atom. The van der Waals surface area contributed by atoms with Crippen LogP contribution in [-0.4, -0.2) is 5.11 Å². The number of hydrogen-bond donors (Lipinski definition) is 2. The Balaban J connectivity index is 2.73. The summed E-state index contributed by atoms with van der Waals surface area (Å²) < 4.78 is 3.17. The second-order valence-electron chi connectivity index (χ2n) is 2.71. The molecule has 1 aromatic heterocycles. The number of halogens is 1. The number of hydrogen-bond acceptors (Lipinski definition) is 3. The van der Waals surface area contributed by atoms with Crippen molar-refractivity contribution >= 4 is 50.0 Å². The van der Waals surface area contributed by atoms with Gasteiger partial charge in [-0.05, 0) is 27.6 Å². The molecule has 0 aliphatic heterocycles. The van der Waals surface area contributed by atoms with Gasteiger partial charge in [-0.25, -0.2) is 0 Å². The Hall–Kier alpha value is -0.0300. The van der Waals surface area contributed by atoms with Crippen LogP contribution in [0, 0.1) is 0 Å². The van der Waals surface area contributed by atoms with Crippen molar-refractivity contribution in [1.29, 1.82) is 0 Å². The van der Waals surface area contributed by atoms with E-state index in [4.69, 9.17) is 5.11 Å². The molecular weight excluding hydrogens is 268 g/mol. The first kappa shape index (κ1) is 9.52. The third-order valence-corrected chi connectivity index (χ3v) is 4.70. The van der Waals surface area contributed by atoms with Gasteiger partial charge in [-0.15, -0.1) is 24.0 Å². The van der Waals surface area contributed by atoms with Gasteiger partial charge in [0, 0.05) is 14.6 Å². The lowest BCUT2D eigenvalue weighted by Gasteiger charge is -1.95.